The molecule has 0 amide bonds. The number of hydrogen-bond donors (Lipinski definition) is 1. The third-order valence-electron chi connectivity index (χ3n) is 2.08. The van der Waals surface area contributed by atoms with Crippen molar-refractivity contribution in [2.24, 2.45) is 0 Å². The van der Waals surface area contributed by atoms with Gasteiger partial charge in [0.15, 0.2) is 0 Å². The molecule has 0 fully saturated rings. The van der Waals surface area contributed by atoms with Gasteiger partial charge >= 0.3 is 12.1 Å². The molecule has 0 aliphatic heterocycles. The average molecular weight is 281 g/mol. The first-order chi connectivity index (χ1) is 9.23. The molecule has 2 N–H and O–H groups in total. The second kappa shape index (κ2) is 6.27. The Morgan fingerprint density at radius 2 is 1.90 bits per heavy atom. The molecule has 0 aliphatic rings. The van der Waals surface area contributed by atoms with E-state index in [1.807, 2.05) is 0 Å². The lowest BCUT2D eigenvalue weighted by Gasteiger charge is -2.20. The zero-order valence-electron chi connectivity index (χ0n) is 12.1. The maximum atomic E-state index is 12.1. The minimum atomic E-state index is -0.887. The van der Waals surface area contributed by atoms with Crippen LogP contribution in [-0.4, -0.2) is 24.3 Å². The molecule has 1 aromatic rings. The largest absolute Gasteiger partial charge is 0.513 e. The molecular weight excluding hydrogens is 262 g/mol. The van der Waals surface area contributed by atoms with Crippen LogP contribution in [0.15, 0.2) is 18.2 Å². The van der Waals surface area contributed by atoms with Gasteiger partial charge in [-0.05, 0) is 45.9 Å². The van der Waals surface area contributed by atoms with E-state index >= 15 is 0 Å². The molecule has 0 aromatic heterocycles. The summed E-state index contributed by atoms with van der Waals surface area (Å²) in [7, 11) is 0. The number of anilines is 1. The van der Waals surface area contributed by atoms with Crippen LogP contribution in [-0.2, 0) is 9.47 Å². The van der Waals surface area contributed by atoms with Crippen LogP contribution in [0.5, 0.6) is 5.75 Å². The first-order valence-electron chi connectivity index (χ1n) is 6.20. The maximum Gasteiger partial charge on any atom is 0.513 e. The lowest BCUT2D eigenvalue weighted by molar-refractivity contribution is 0.00665. The topological polar surface area (TPSA) is 87.9 Å². The van der Waals surface area contributed by atoms with Crippen molar-refractivity contribution in [3.63, 3.8) is 0 Å². The van der Waals surface area contributed by atoms with Gasteiger partial charge in [-0.15, -0.1) is 0 Å². The summed E-state index contributed by atoms with van der Waals surface area (Å²) in [5, 5.41) is 0. The van der Waals surface area contributed by atoms with Gasteiger partial charge in [0.05, 0.1) is 6.61 Å². The maximum absolute atomic E-state index is 12.1. The summed E-state index contributed by atoms with van der Waals surface area (Å²) in [6.45, 7) is 7.05. The standard InChI is InChI=1S/C14H19NO5/c1-5-18-13(17)19-11-7-6-9(15)8-10(11)12(16)20-14(2,3)4/h6-8H,5,15H2,1-4H3. The molecule has 0 heterocycles. The minimum Gasteiger partial charge on any atom is -0.456 e. The zero-order valence-corrected chi connectivity index (χ0v) is 12.1. The van der Waals surface area contributed by atoms with Gasteiger partial charge in [0.25, 0.3) is 0 Å². The number of nitrogen functional groups attached to an aromatic ring is 1. The van der Waals surface area contributed by atoms with Crippen molar-refractivity contribution in [3.05, 3.63) is 23.8 Å². The van der Waals surface area contributed by atoms with Crippen LogP contribution >= 0.6 is 0 Å². The molecule has 0 atom stereocenters. The molecule has 1 aromatic carbocycles. The molecule has 0 saturated heterocycles. The van der Waals surface area contributed by atoms with Crippen molar-refractivity contribution in [1.29, 1.82) is 0 Å². The highest BCUT2D eigenvalue weighted by molar-refractivity contribution is 5.94. The molecule has 0 unspecified atom stereocenters. The van der Waals surface area contributed by atoms with Crippen molar-refractivity contribution in [3.8, 4) is 5.75 Å². The van der Waals surface area contributed by atoms with Gasteiger partial charge in [-0.2, -0.15) is 0 Å². The zero-order chi connectivity index (χ0) is 15.3. The number of nitrogens with two attached hydrogens (primary N) is 1. The number of hydrogen-bond acceptors (Lipinski definition) is 6. The average Bonchev–Trinajstić information content (AvgIpc) is 2.29. The van der Waals surface area contributed by atoms with Crippen molar-refractivity contribution in [2.45, 2.75) is 33.3 Å². The molecule has 110 valence electrons. The van der Waals surface area contributed by atoms with E-state index < -0.39 is 17.7 Å². The Hall–Kier alpha value is -2.24. The molecule has 6 nitrogen and oxygen atoms in total. The van der Waals surface area contributed by atoms with Crippen LogP contribution in [0.3, 0.4) is 0 Å². The van der Waals surface area contributed by atoms with E-state index in [0.29, 0.717) is 5.69 Å². The summed E-state index contributed by atoms with van der Waals surface area (Å²) < 4.78 is 14.9. The Labute approximate surface area is 117 Å². The summed E-state index contributed by atoms with van der Waals surface area (Å²) in [4.78, 5) is 23.4. The predicted molar refractivity (Wildman–Crippen MR) is 73.7 cm³/mol. The van der Waals surface area contributed by atoms with Gasteiger partial charge < -0.3 is 19.9 Å². The van der Waals surface area contributed by atoms with Crippen LogP contribution in [0.4, 0.5) is 10.5 Å². The SMILES string of the molecule is CCOC(=O)Oc1ccc(N)cc1C(=O)OC(C)(C)C. The van der Waals surface area contributed by atoms with Crippen LogP contribution < -0.4 is 10.5 Å². The lowest BCUT2D eigenvalue weighted by atomic mass is 10.1. The molecule has 0 bridgehead atoms. The number of rotatable bonds is 3. The van der Waals surface area contributed by atoms with E-state index in [-0.39, 0.29) is 17.9 Å². The van der Waals surface area contributed by atoms with Gasteiger partial charge in [0.2, 0.25) is 0 Å². The molecule has 6 heteroatoms. The summed E-state index contributed by atoms with van der Waals surface area (Å²) in [6, 6.07) is 4.33. The molecule has 1 rings (SSSR count). The van der Waals surface area contributed by atoms with E-state index in [0.717, 1.165) is 0 Å². The molecule has 0 spiro atoms. The third kappa shape index (κ3) is 4.79. The van der Waals surface area contributed by atoms with Crippen LogP contribution in [0, 0.1) is 0 Å². The van der Waals surface area contributed by atoms with Gasteiger partial charge in [0.1, 0.15) is 16.9 Å². The number of benzene rings is 1. The van der Waals surface area contributed by atoms with E-state index in [9.17, 15) is 9.59 Å². The highest BCUT2D eigenvalue weighted by Gasteiger charge is 2.22. The first-order valence-corrected chi connectivity index (χ1v) is 6.20. The molecule has 0 radical (unpaired) electrons. The van der Waals surface area contributed by atoms with Crippen molar-refractivity contribution >= 4 is 17.8 Å². The Balaban J connectivity index is 3.01. The van der Waals surface area contributed by atoms with Gasteiger partial charge in [-0.3, -0.25) is 0 Å². The van der Waals surface area contributed by atoms with Crippen LogP contribution in [0.1, 0.15) is 38.1 Å². The quantitative estimate of drug-likeness (QED) is 0.520. The minimum absolute atomic E-state index is 0.0481. The van der Waals surface area contributed by atoms with E-state index in [1.54, 1.807) is 27.7 Å². The Kier molecular flexibility index (Phi) is 4.96. The number of carbonyl (C=O) groups is 2. The summed E-state index contributed by atoms with van der Waals surface area (Å²) in [6.07, 6.45) is -0.887. The molecule has 20 heavy (non-hydrogen) atoms. The second-order valence-corrected chi connectivity index (χ2v) is 5.04. The van der Waals surface area contributed by atoms with Crippen molar-refractivity contribution in [1.82, 2.24) is 0 Å². The molecule has 0 aliphatic carbocycles. The lowest BCUT2D eigenvalue weighted by Crippen LogP contribution is -2.24. The van der Waals surface area contributed by atoms with Crippen molar-refractivity contribution in [2.75, 3.05) is 12.3 Å². The van der Waals surface area contributed by atoms with Gasteiger partial charge in [-0.1, -0.05) is 0 Å². The Bertz CT molecular complexity index is 505. The van der Waals surface area contributed by atoms with Crippen LogP contribution in [0.2, 0.25) is 0 Å². The summed E-state index contributed by atoms with van der Waals surface area (Å²) >= 11 is 0. The van der Waals surface area contributed by atoms with E-state index in [2.05, 4.69) is 4.74 Å². The van der Waals surface area contributed by atoms with Crippen molar-refractivity contribution < 1.29 is 23.8 Å². The normalized spacial score (nSPS) is 10.8. The first kappa shape index (κ1) is 15.8. The Morgan fingerprint density at radius 3 is 2.45 bits per heavy atom. The highest BCUT2D eigenvalue weighted by atomic mass is 16.7. The fourth-order valence-electron chi connectivity index (χ4n) is 1.37. The van der Waals surface area contributed by atoms with Gasteiger partial charge in [0, 0.05) is 5.69 Å². The fourth-order valence-corrected chi connectivity index (χ4v) is 1.37. The molecule has 0 saturated carbocycles. The fraction of sp³-hybridized carbons (Fsp3) is 0.429. The molecular formula is C14H19NO5. The highest BCUT2D eigenvalue weighted by Crippen LogP contribution is 2.24. The number of carbonyl (C=O) groups excluding carboxylic acids is 2. The summed E-state index contributed by atoms with van der Waals surface area (Å²) in [5.74, 6) is -0.573. The predicted octanol–water partition coefficient (Wildman–Crippen LogP) is 2.76. The van der Waals surface area contributed by atoms with E-state index in [1.165, 1.54) is 18.2 Å². The number of esters is 1. The number of ether oxygens (including phenoxy) is 3. The van der Waals surface area contributed by atoms with E-state index in [4.69, 9.17) is 15.2 Å². The second-order valence-electron chi connectivity index (χ2n) is 5.04. The summed E-state index contributed by atoms with van der Waals surface area (Å²) in [5.41, 5.74) is 5.42. The van der Waals surface area contributed by atoms with Crippen LogP contribution in [0.25, 0.3) is 0 Å². The monoisotopic (exact) mass is 281 g/mol. The third-order valence-corrected chi connectivity index (χ3v) is 2.08. The smallest absolute Gasteiger partial charge is 0.456 e. The Morgan fingerprint density at radius 1 is 1.25 bits per heavy atom. The van der Waals surface area contributed by atoms with Gasteiger partial charge in [-0.25, -0.2) is 9.59 Å².